The second kappa shape index (κ2) is 10.4. The van der Waals surface area contributed by atoms with Crippen LogP contribution >= 0.6 is 15.9 Å². The Balaban J connectivity index is 1.72. The molecule has 0 spiro atoms. The Morgan fingerprint density at radius 2 is 1.68 bits per heavy atom. The number of hydrogen-bond donors (Lipinski definition) is 2. The van der Waals surface area contributed by atoms with Gasteiger partial charge >= 0.3 is 0 Å². The lowest BCUT2D eigenvalue weighted by Crippen LogP contribution is -2.21. The molecule has 158 valence electrons. The molecule has 0 fully saturated rings. The Morgan fingerprint density at radius 3 is 2.39 bits per heavy atom. The van der Waals surface area contributed by atoms with Gasteiger partial charge in [-0.3, -0.25) is 9.59 Å². The molecule has 0 aliphatic heterocycles. The summed E-state index contributed by atoms with van der Waals surface area (Å²) in [6, 6.07) is 18.9. The molecule has 31 heavy (non-hydrogen) atoms. The van der Waals surface area contributed by atoms with Gasteiger partial charge in [-0.1, -0.05) is 28.1 Å². The molecular weight excluding hydrogens is 462 g/mol. The molecule has 0 saturated heterocycles. The predicted molar refractivity (Wildman–Crippen MR) is 123 cm³/mol. The van der Waals surface area contributed by atoms with Crippen LogP contribution in [0.1, 0.15) is 26.3 Å². The number of halogens is 1. The maximum absolute atomic E-state index is 12.6. The summed E-state index contributed by atoms with van der Waals surface area (Å²) in [5.74, 6) is 0.419. The van der Waals surface area contributed by atoms with Crippen molar-refractivity contribution in [3.8, 4) is 11.5 Å². The monoisotopic (exact) mass is 481 g/mol. The highest BCUT2D eigenvalue weighted by Gasteiger charge is 2.14. The zero-order valence-corrected chi connectivity index (χ0v) is 18.5. The maximum Gasteiger partial charge on any atom is 0.273 e. The van der Waals surface area contributed by atoms with Crippen molar-refractivity contribution in [1.82, 2.24) is 5.43 Å². The van der Waals surface area contributed by atoms with Gasteiger partial charge in [0, 0.05) is 21.7 Å². The lowest BCUT2D eigenvalue weighted by atomic mass is 10.1. The fraction of sp³-hybridized carbons (Fsp3) is 0.0870. The molecule has 3 aromatic rings. The van der Waals surface area contributed by atoms with Gasteiger partial charge in [-0.15, -0.1) is 0 Å². The topological polar surface area (TPSA) is 89.0 Å². The zero-order valence-electron chi connectivity index (χ0n) is 16.9. The average molecular weight is 482 g/mol. The minimum atomic E-state index is -0.463. The summed E-state index contributed by atoms with van der Waals surface area (Å²) in [4.78, 5) is 25.1. The van der Waals surface area contributed by atoms with Crippen LogP contribution in [0.5, 0.6) is 11.5 Å². The van der Waals surface area contributed by atoms with E-state index in [1.54, 1.807) is 73.8 Å². The molecule has 0 heterocycles. The van der Waals surface area contributed by atoms with Crippen LogP contribution < -0.4 is 20.2 Å². The number of methoxy groups -OCH3 is 2. The molecule has 0 saturated carbocycles. The first-order valence-corrected chi connectivity index (χ1v) is 10.0. The second-order valence-corrected chi connectivity index (χ2v) is 7.23. The van der Waals surface area contributed by atoms with Crippen LogP contribution in [0.4, 0.5) is 5.69 Å². The predicted octanol–water partition coefficient (Wildman–Crippen LogP) is 4.48. The molecule has 2 amide bonds. The molecule has 8 heteroatoms. The lowest BCUT2D eigenvalue weighted by molar-refractivity contribution is 0.0956. The molecule has 3 rings (SSSR count). The molecule has 0 radical (unpaired) electrons. The minimum Gasteiger partial charge on any atom is -0.497 e. The molecule has 0 bridgehead atoms. The summed E-state index contributed by atoms with van der Waals surface area (Å²) in [6.45, 7) is 0. The number of hydrogen-bond acceptors (Lipinski definition) is 5. The van der Waals surface area contributed by atoms with E-state index in [4.69, 9.17) is 9.47 Å². The smallest absolute Gasteiger partial charge is 0.273 e. The van der Waals surface area contributed by atoms with Crippen molar-refractivity contribution in [1.29, 1.82) is 0 Å². The van der Waals surface area contributed by atoms with Gasteiger partial charge in [0.2, 0.25) is 0 Å². The van der Waals surface area contributed by atoms with Gasteiger partial charge in [0.25, 0.3) is 11.8 Å². The van der Waals surface area contributed by atoms with E-state index in [2.05, 4.69) is 31.8 Å². The summed E-state index contributed by atoms with van der Waals surface area (Å²) < 4.78 is 11.3. The Morgan fingerprint density at radius 1 is 0.935 bits per heavy atom. The fourth-order valence-corrected chi connectivity index (χ4v) is 3.00. The fourth-order valence-electron chi connectivity index (χ4n) is 2.73. The van der Waals surface area contributed by atoms with Crippen LogP contribution in [0, 0.1) is 0 Å². The van der Waals surface area contributed by atoms with Crippen LogP contribution in [-0.2, 0) is 0 Å². The second-order valence-electron chi connectivity index (χ2n) is 6.31. The van der Waals surface area contributed by atoms with Crippen LogP contribution in [0.25, 0.3) is 0 Å². The molecule has 0 aliphatic rings. The Labute approximate surface area is 188 Å². The average Bonchev–Trinajstić information content (AvgIpc) is 2.79. The van der Waals surface area contributed by atoms with E-state index in [1.165, 1.54) is 13.3 Å². The molecule has 0 aliphatic carbocycles. The van der Waals surface area contributed by atoms with Crippen molar-refractivity contribution in [2.24, 2.45) is 5.10 Å². The van der Waals surface area contributed by atoms with Crippen molar-refractivity contribution >= 4 is 39.6 Å². The minimum absolute atomic E-state index is 0.284. The van der Waals surface area contributed by atoms with Gasteiger partial charge < -0.3 is 14.8 Å². The number of carbonyl (C=O) groups excluding carboxylic acids is 2. The first-order chi connectivity index (χ1) is 15.0. The largest absolute Gasteiger partial charge is 0.497 e. The van der Waals surface area contributed by atoms with Gasteiger partial charge in [0.1, 0.15) is 11.5 Å². The number of para-hydroxylation sites is 1. The van der Waals surface area contributed by atoms with Gasteiger partial charge in [0.15, 0.2) is 0 Å². The van der Waals surface area contributed by atoms with E-state index >= 15 is 0 Å². The normalized spacial score (nSPS) is 10.5. The van der Waals surface area contributed by atoms with Crippen molar-refractivity contribution < 1.29 is 19.1 Å². The number of benzene rings is 3. The SMILES string of the molecule is COc1ccc(/C=N\NC(=O)c2ccccc2NC(=O)c2ccc(Br)cc2)c(OC)c1. The van der Waals surface area contributed by atoms with Crippen LogP contribution in [0.2, 0.25) is 0 Å². The molecule has 2 N–H and O–H groups in total. The third-order valence-corrected chi connectivity index (χ3v) is 4.87. The Kier molecular flexibility index (Phi) is 7.40. The third-order valence-electron chi connectivity index (χ3n) is 4.34. The number of hydrazone groups is 1. The van der Waals surface area contributed by atoms with E-state index in [9.17, 15) is 9.59 Å². The zero-order chi connectivity index (χ0) is 22.2. The highest BCUT2D eigenvalue weighted by atomic mass is 79.9. The first-order valence-electron chi connectivity index (χ1n) is 9.23. The standard InChI is InChI=1S/C23H20BrN3O4/c1-30-18-12-9-16(21(13-18)31-2)14-25-27-23(29)19-5-3-4-6-20(19)26-22(28)15-7-10-17(24)11-8-15/h3-14H,1-2H3,(H,26,28)(H,27,29)/b25-14-. The molecule has 7 nitrogen and oxygen atoms in total. The van der Waals surface area contributed by atoms with Crippen LogP contribution in [-0.4, -0.2) is 32.2 Å². The lowest BCUT2D eigenvalue weighted by Gasteiger charge is -2.10. The highest BCUT2D eigenvalue weighted by molar-refractivity contribution is 9.10. The van der Waals surface area contributed by atoms with Gasteiger partial charge in [-0.25, -0.2) is 5.43 Å². The van der Waals surface area contributed by atoms with Crippen molar-refractivity contribution in [3.05, 3.63) is 87.9 Å². The number of nitrogens with one attached hydrogen (secondary N) is 2. The number of rotatable bonds is 7. The number of amides is 2. The summed E-state index contributed by atoms with van der Waals surface area (Å²) in [5.41, 5.74) is 4.28. The van der Waals surface area contributed by atoms with Crippen molar-refractivity contribution in [2.75, 3.05) is 19.5 Å². The molecule has 0 atom stereocenters. The quantitative estimate of drug-likeness (QED) is 0.384. The van der Waals surface area contributed by atoms with Gasteiger partial charge in [-0.2, -0.15) is 5.10 Å². The van der Waals surface area contributed by atoms with Crippen molar-refractivity contribution in [2.45, 2.75) is 0 Å². The van der Waals surface area contributed by atoms with Gasteiger partial charge in [-0.05, 0) is 48.5 Å². The number of carbonyl (C=O) groups is 2. The Bertz CT molecular complexity index is 1110. The van der Waals surface area contributed by atoms with Crippen LogP contribution in [0.15, 0.2) is 76.3 Å². The number of nitrogens with zero attached hydrogens (tertiary/aromatic N) is 1. The van der Waals surface area contributed by atoms with E-state index in [0.717, 1.165) is 4.47 Å². The number of anilines is 1. The Hall–Kier alpha value is -3.65. The van der Waals surface area contributed by atoms with E-state index in [0.29, 0.717) is 28.3 Å². The summed E-state index contributed by atoms with van der Waals surface area (Å²) in [7, 11) is 3.10. The first kappa shape index (κ1) is 22.0. The van der Waals surface area contributed by atoms with Crippen molar-refractivity contribution in [3.63, 3.8) is 0 Å². The molecule has 3 aromatic carbocycles. The highest BCUT2D eigenvalue weighted by Crippen LogP contribution is 2.23. The molecule has 0 aromatic heterocycles. The maximum atomic E-state index is 12.6. The summed E-state index contributed by atoms with van der Waals surface area (Å²) >= 11 is 3.34. The van der Waals surface area contributed by atoms with Gasteiger partial charge in [0.05, 0.1) is 31.7 Å². The van der Waals surface area contributed by atoms with E-state index in [1.807, 2.05) is 0 Å². The molecular formula is C23H20BrN3O4. The third kappa shape index (κ3) is 5.70. The van der Waals surface area contributed by atoms with Crippen LogP contribution in [0.3, 0.4) is 0 Å². The summed E-state index contributed by atoms with van der Waals surface area (Å²) in [5, 5.41) is 6.77. The van der Waals surface area contributed by atoms with E-state index < -0.39 is 5.91 Å². The number of ether oxygens (including phenoxy) is 2. The van der Waals surface area contributed by atoms with E-state index in [-0.39, 0.29) is 11.5 Å². The summed E-state index contributed by atoms with van der Waals surface area (Å²) in [6.07, 6.45) is 1.47. The molecule has 0 unspecified atom stereocenters.